The molecule has 8 heteroatoms. The van der Waals surface area contributed by atoms with E-state index in [1.807, 2.05) is 18.5 Å². The maximum Gasteiger partial charge on any atom is 0.226 e. The molecule has 1 N–H and O–H groups in total. The van der Waals surface area contributed by atoms with Crippen LogP contribution < -0.4 is 10.2 Å². The quantitative estimate of drug-likeness (QED) is 0.454. The highest BCUT2D eigenvalue weighted by Crippen LogP contribution is 2.29. The van der Waals surface area contributed by atoms with Crippen molar-refractivity contribution in [1.29, 1.82) is 0 Å². The Morgan fingerprint density at radius 3 is 2.07 bits per heavy atom. The predicted octanol–water partition coefficient (Wildman–Crippen LogP) is 4.25. The van der Waals surface area contributed by atoms with Crippen molar-refractivity contribution in [3.05, 3.63) is 83.4 Å². The molecule has 6 nitrogen and oxygen atoms in total. The molecule has 4 aromatic rings. The fourth-order valence-corrected chi connectivity index (χ4v) is 3.81. The van der Waals surface area contributed by atoms with Crippen LogP contribution in [0.3, 0.4) is 0 Å². The maximum atomic E-state index is 6.36. The minimum absolute atomic E-state index is 0. The van der Waals surface area contributed by atoms with Crippen molar-refractivity contribution in [3.8, 4) is 0 Å². The van der Waals surface area contributed by atoms with Gasteiger partial charge in [-0.05, 0) is 22.7 Å². The minimum atomic E-state index is 0. The van der Waals surface area contributed by atoms with Gasteiger partial charge in [-0.2, -0.15) is 9.97 Å². The molecule has 1 saturated heterocycles. The van der Waals surface area contributed by atoms with Gasteiger partial charge < -0.3 is 14.8 Å². The molecule has 0 amide bonds. The number of halogens is 2. The summed E-state index contributed by atoms with van der Waals surface area (Å²) in [5.74, 6) is 0.763. The lowest BCUT2D eigenvalue weighted by Gasteiger charge is -2.28. The van der Waals surface area contributed by atoms with Crippen molar-refractivity contribution in [2.45, 2.75) is 19.1 Å². The van der Waals surface area contributed by atoms with Crippen molar-refractivity contribution < 1.29 is 0 Å². The number of fused-ring (bicyclic) bond motifs is 1. The average Bonchev–Trinajstić information content (AvgIpc) is 3.10. The Morgan fingerprint density at radius 1 is 0.933 bits per heavy atom. The number of rotatable bonds is 6. The second-order valence-electron chi connectivity index (χ2n) is 7.28. The molecule has 154 valence electrons. The van der Waals surface area contributed by atoms with E-state index >= 15 is 0 Å². The van der Waals surface area contributed by atoms with E-state index in [2.05, 4.69) is 78.3 Å². The Hall–Kier alpha value is -2.67. The summed E-state index contributed by atoms with van der Waals surface area (Å²) in [5.41, 5.74) is 3.98. The summed E-state index contributed by atoms with van der Waals surface area (Å²) in [6.45, 7) is 3.24. The Kier molecular flexibility index (Phi) is 6.18. The van der Waals surface area contributed by atoms with Gasteiger partial charge in [0.2, 0.25) is 5.28 Å². The average molecular weight is 441 g/mol. The molecule has 0 unspecified atom stereocenters. The summed E-state index contributed by atoms with van der Waals surface area (Å²) in [5, 5.41) is 3.54. The topological polar surface area (TPSA) is 58.9 Å². The largest absolute Gasteiger partial charge is 0.346 e. The van der Waals surface area contributed by atoms with Crippen LogP contribution >= 0.6 is 24.0 Å². The first-order valence-electron chi connectivity index (χ1n) is 9.71. The van der Waals surface area contributed by atoms with Crippen molar-refractivity contribution in [3.63, 3.8) is 0 Å². The van der Waals surface area contributed by atoms with Crippen LogP contribution in [0.25, 0.3) is 11.2 Å². The van der Waals surface area contributed by atoms with Gasteiger partial charge in [0, 0.05) is 26.2 Å². The lowest BCUT2D eigenvalue weighted by molar-refractivity contribution is 0.349. The fraction of sp³-hybridized carbons (Fsp3) is 0.227. The molecule has 2 aromatic carbocycles. The first-order valence-corrected chi connectivity index (χ1v) is 10.1. The number of hydrogen-bond acceptors (Lipinski definition) is 5. The highest BCUT2D eigenvalue weighted by atomic mass is 35.5. The van der Waals surface area contributed by atoms with Crippen molar-refractivity contribution in [2.75, 3.05) is 18.0 Å². The lowest BCUT2D eigenvalue weighted by atomic mass is 10.1. The van der Waals surface area contributed by atoms with Crippen LogP contribution in [0, 0.1) is 0 Å². The summed E-state index contributed by atoms with van der Waals surface area (Å²) >= 11 is 6.36. The third-order valence-electron chi connectivity index (χ3n) is 5.26. The third kappa shape index (κ3) is 4.12. The smallest absolute Gasteiger partial charge is 0.226 e. The Balaban J connectivity index is 0.00000218. The summed E-state index contributed by atoms with van der Waals surface area (Å²) in [6.07, 6.45) is 1.86. The van der Waals surface area contributed by atoms with Gasteiger partial charge in [0.1, 0.15) is 0 Å². The zero-order chi connectivity index (χ0) is 19.6. The number of anilines is 1. The molecule has 5 rings (SSSR count). The molecule has 2 aromatic heterocycles. The highest BCUT2D eigenvalue weighted by Gasteiger charge is 2.24. The van der Waals surface area contributed by atoms with E-state index in [-0.39, 0.29) is 17.7 Å². The van der Waals surface area contributed by atoms with E-state index in [1.54, 1.807) is 0 Å². The first kappa shape index (κ1) is 20.6. The Bertz CT molecular complexity index is 1070. The molecular formula is C22H22Cl2N6. The third-order valence-corrected chi connectivity index (χ3v) is 5.43. The van der Waals surface area contributed by atoms with Crippen LogP contribution in [-0.2, 0) is 13.1 Å². The second-order valence-corrected chi connectivity index (χ2v) is 7.62. The number of hydrogen-bond donors (Lipinski definition) is 1. The minimum Gasteiger partial charge on any atom is -0.346 e. The van der Waals surface area contributed by atoms with Crippen molar-refractivity contribution in [2.24, 2.45) is 0 Å². The Morgan fingerprint density at radius 2 is 1.53 bits per heavy atom. The SMILES string of the molecule is Cl.Clc1nc(N(Cc2ccccc2)Cc2ccccc2)c2ncn(C3CNC3)c2n1. The van der Waals surface area contributed by atoms with E-state index in [0.717, 1.165) is 30.1 Å². The zero-order valence-electron chi connectivity index (χ0n) is 16.3. The van der Waals surface area contributed by atoms with Crippen molar-refractivity contribution >= 4 is 41.0 Å². The summed E-state index contributed by atoms with van der Waals surface area (Å²) in [4.78, 5) is 16.0. The van der Waals surface area contributed by atoms with Gasteiger partial charge >= 0.3 is 0 Å². The van der Waals surface area contributed by atoms with Gasteiger partial charge in [0.15, 0.2) is 17.0 Å². The first-order chi connectivity index (χ1) is 14.3. The zero-order valence-corrected chi connectivity index (χ0v) is 17.9. The molecule has 0 atom stereocenters. The number of nitrogens with zero attached hydrogens (tertiary/aromatic N) is 5. The molecule has 1 aliphatic rings. The van der Waals surface area contributed by atoms with Crippen LogP contribution in [0.1, 0.15) is 17.2 Å². The monoisotopic (exact) mass is 440 g/mol. The molecule has 0 spiro atoms. The number of benzene rings is 2. The molecule has 1 aliphatic heterocycles. The van der Waals surface area contributed by atoms with E-state index < -0.39 is 0 Å². The molecule has 0 radical (unpaired) electrons. The van der Waals surface area contributed by atoms with Crippen LogP contribution in [0.5, 0.6) is 0 Å². The molecule has 0 saturated carbocycles. The molecule has 1 fully saturated rings. The van der Waals surface area contributed by atoms with Crippen LogP contribution in [-0.4, -0.2) is 32.6 Å². The fourth-order valence-electron chi connectivity index (χ4n) is 3.65. The molecule has 30 heavy (non-hydrogen) atoms. The van der Waals surface area contributed by atoms with Gasteiger partial charge in [-0.1, -0.05) is 60.7 Å². The predicted molar refractivity (Wildman–Crippen MR) is 122 cm³/mol. The number of aromatic nitrogens is 4. The molecule has 0 bridgehead atoms. The van der Waals surface area contributed by atoms with Gasteiger partial charge in [-0.25, -0.2) is 4.98 Å². The lowest BCUT2D eigenvalue weighted by Crippen LogP contribution is -2.43. The Labute approximate surface area is 186 Å². The second kappa shape index (κ2) is 9.00. The molecular weight excluding hydrogens is 419 g/mol. The molecule has 0 aliphatic carbocycles. The normalized spacial score (nSPS) is 13.6. The standard InChI is InChI=1S/C22H21ClN6.ClH/c23-22-26-20(19-21(27-22)29(15-25-19)18-11-24-12-18)28(13-16-7-3-1-4-8-16)14-17-9-5-2-6-10-17;/h1-10,15,18,24H,11-14H2;1H. The number of imidazole rings is 1. The van der Waals surface area contributed by atoms with Crippen molar-refractivity contribution in [1.82, 2.24) is 24.8 Å². The van der Waals surface area contributed by atoms with Gasteiger partial charge in [0.05, 0.1) is 12.4 Å². The van der Waals surface area contributed by atoms with Gasteiger partial charge in [0.25, 0.3) is 0 Å². The molecule has 3 heterocycles. The van der Waals surface area contributed by atoms with E-state index in [0.29, 0.717) is 19.1 Å². The summed E-state index contributed by atoms with van der Waals surface area (Å²) in [7, 11) is 0. The van der Waals surface area contributed by atoms with Gasteiger partial charge in [-0.15, -0.1) is 12.4 Å². The summed E-state index contributed by atoms with van der Waals surface area (Å²) < 4.78 is 2.10. The van der Waals surface area contributed by atoms with E-state index in [4.69, 9.17) is 11.6 Å². The summed E-state index contributed by atoms with van der Waals surface area (Å²) in [6, 6.07) is 21.1. The van der Waals surface area contributed by atoms with Crippen LogP contribution in [0.15, 0.2) is 67.0 Å². The van der Waals surface area contributed by atoms with Gasteiger partial charge in [-0.3, -0.25) is 0 Å². The van der Waals surface area contributed by atoms with E-state index in [1.165, 1.54) is 11.1 Å². The highest BCUT2D eigenvalue weighted by molar-refractivity contribution is 6.28. The van der Waals surface area contributed by atoms with E-state index in [9.17, 15) is 0 Å². The number of nitrogens with one attached hydrogen (secondary N) is 1. The maximum absolute atomic E-state index is 6.36. The van der Waals surface area contributed by atoms with Crippen LogP contribution in [0.2, 0.25) is 5.28 Å². The van der Waals surface area contributed by atoms with Crippen LogP contribution in [0.4, 0.5) is 5.82 Å².